The van der Waals surface area contributed by atoms with Crippen LogP contribution in [-0.4, -0.2) is 29.7 Å². The van der Waals surface area contributed by atoms with E-state index in [0.717, 1.165) is 17.8 Å². The average Bonchev–Trinajstić information content (AvgIpc) is 2.76. The lowest BCUT2D eigenvalue weighted by atomic mass is 10.1. The van der Waals surface area contributed by atoms with Crippen LogP contribution in [0.5, 0.6) is 0 Å². The highest BCUT2D eigenvalue weighted by Crippen LogP contribution is 2.29. The Morgan fingerprint density at radius 3 is 3.06 bits per heavy atom. The van der Waals surface area contributed by atoms with Crippen LogP contribution < -0.4 is 5.32 Å². The molecule has 0 aromatic carbocycles. The standard InChI is InChI=1S/C13H23NOS/c1-2-16-13-8-5-7-12(13)14-10-11-6-3-4-9-15-11/h4,9,11-14H,2-3,5-8,10H2,1H3. The van der Waals surface area contributed by atoms with Gasteiger partial charge in [0.15, 0.2) is 0 Å². The summed E-state index contributed by atoms with van der Waals surface area (Å²) in [6.07, 6.45) is 10.8. The van der Waals surface area contributed by atoms with Crippen molar-refractivity contribution >= 4 is 11.8 Å². The van der Waals surface area contributed by atoms with E-state index in [-0.39, 0.29) is 0 Å². The second kappa shape index (κ2) is 6.55. The molecule has 3 atom stereocenters. The summed E-state index contributed by atoms with van der Waals surface area (Å²) in [5, 5.41) is 4.54. The fourth-order valence-electron chi connectivity index (χ4n) is 2.59. The fraction of sp³-hybridized carbons (Fsp3) is 0.846. The lowest BCUT2D eigenvalue weighted by Crippen LogP contribution is -2.40. The first-order chi connectivity index (χ1) is 7.90. The largest absolute Gasteiger partial charge is 0.497 e. The van der Waals surface area contributed by atoms with Gasteiger partial charge in [-0.05, 0) is 37.5 Å². The highest BCUT2D eigenvalue weighted by molar-refractivity contribution is 7.99. The summed E-state index contributed by atoms with van der Waals surface area (Å²) in [5.74, 6) is 1.24. The highest BCUT2D eigenvalue weighted by atomic mass is 32.2. The van der Waals surface area contributed by atoms with Crippen molar-refractivity contribution in [1.29, 1.82) is 0 Å². The number of hydrogen-bond donors (Lipinski definition) is 1. The first kappa shape index (κ1) is 12.3. The number of rotatable bonds is 5. The number of thioether (sulfide) groups is 1. The van der Waals surface area contributed by atoms with Gasteiger partial charge in [-0.3, -0.25) is 0 Å². The van der Waals surface area contributed by atoms with Crippen LogP contribution in [0.25, 0.3) is 0 Å². The smallest absolute Gasteiger partial charge is 0.110 e. The molecule has 0 aromatic heterocycles. The van der Waals surface area contributed by atoms with E-state index in [2.05, 4.69) is 30.1 Å². The Morgan fingerprint density at radius 1 is 1.38 bits per heavy atom. The average molecular weight is 241 g/mol. The first-order valence-corrected chi connectivity index (χ1v) is 7.60. The molecule has 0 aromatic rings. The van der Waals surface area contributed by atoms with Crippen molar-refractivity contribution in [3.63, 3.8) is 0 Å². The van der Waals surface area contributed by atoms with Crippen molar-refractivity contribution < 1.29 is 4.74 Å². The first-order valence-electron chi connectivity index (χ1n) is 6.55. The number of allylic oxidation sites excluding steroid dienone is 1. The summed E-state index contributed by atoms with van der Waals surface area (Å²) in [5.41, 5.74) is 0. The van der Waals surface area contributed by atoms with E-state index < -0.39 is 0 Å². The van der Waals surface area contributed by atoms with Crippen LogP contribution in [0.3, 0.4) is 0 Å². The molecule has 0 spiro atoms. The molecule has 16 heavy (non-hydrogen) atoms. The van der Waals surface area contributed by atoms with Gasteiger partial charge in [-0.2, -0.15) is 11.8 Å². The summed E-state index contributed by atoms with van der Waals surface area (Å²) in [7, 11) is 0. The zero-order chi connectivity index (χ0) is 11.2. The third-order valence-electron chi connectivity index (χ3n) is 3.46. The van der Waals surface area contributed by atoms with Crippen molar-refractivity contribution in [2.45, 2.75) is 56.4 Å². The van der Waals surface area contributed by atoms with Gasteiger partial charge in [0.05, 0.1) is 6.26 Å². The zero-order valence-electron chi connectivity index (χ0n) is 10.2. The van der Waals surface area contributed by atoms with Crippen LogP contribution in [-0.2, 0) is 4.74 Å². The second-order valence-electron chi connectivity index (χ2n) is 4.65. The second-order valence-corrected chi connectivity index (χ2v) is 6.16. The molecule has 0 amide bonds. The molecule has 0 saturated heterocycles. The molecule has 2 nitrogen and oxygen atoms in total. The quantitative estimate of drug-likeness (QED) is 0.799. The summed E-state index contributed by atoms with van der Waals surface area (Å²) in [6, 6.07) is 0.722. The van der Waals surface area contributed by atoms with Crippen molar-refractivity contribution in [3.8, 4) is 0 Å². The van der Waals surface area contributed by atoms with E-state index in [1.165, 1.54) is 37.9 Å². The Labute approximate surface area is 103 Å². The molecule has 3 heteroatoms. The van der Waals surface area contributed by atoms with Gasteiger partial charge in [0.25, 0.3) is 0 Å². The minimum atomic E-state index is 0.401. The minimum absolute atomic E-state index is 0.401. The van der Waals surface area contributed by atoms with Crippen LogP contribution in [0.15, 0.2) is 12.3 Å². The molecular weight excluding hydrogens is 218 g/mol. The predicted octanol–water partition coefficient (Wildman–Crippen LogP) is 2.94. The number of hydrogen-bond acceptors (Lipinski definition) is 3. The fourth-order valence-corrected chi connectivity index (χ4v) is 3.82. The maximum absolute atomic E-state index is 5.58. The Bertz CT molecular complexity index is 232. The van der Waals surface area contributed by atoms with Gasteiger partial charge in [0.2, 0.25) is 0 Å². The SMILES string of the molecule is CCSC1CCCC1NCC1CCC=CO1. The van der Waals surface area contributed by atoms with E-state index in [1.807, 2.05) is 6.26 Å². The van der Waals surface area contributed by atoms with Crippen molar-refractivity contribution in [1.82, 2.24) is 5.32 Å². The highest BCUT2D eigenvalue weighted by Gasteiger charge is 2.27. The Balaban J connectivity index is 1.70. The van der Waals surface area contributed by atoms with Crippen LogP contribution in [0.4, 0.5) is 0 Å². The van der Waals surface area contributed by atoms with E-state index >= 15 is 0 Å². The van der Waals surface area contributed by atoms with E-state index in [4.69, 9.17) is 4.74 Å². The summed E-state index contributed by atoms with van der Waals surface area (Å²) < 4.78 is 5.58. The molecule has 92 valence electrons. The number of ether oxygens (including phenoxy) is 1. The van der Waals surface area contributed by atoms with Gasteiger partial charge < -0.3 is 10.1 Å². The molecule has 1 fully saturated rings. The molecular formula is C13H23NOS. The third-order valence-corrected chi connectivity index (χ3v) is 4.79. The van der Waals surface area contributed by atoms with Crippen LogP contribution in [0.1, 0.15) is 39.0 Å². The number of nitrogens with one attached hydrogen (secondary N) is 1. The van der Waals surface area contributed by atoms with Gasteiger partial charge in [0, 0.05) is 17.8 Å². The third kappa shape index (κ3) is 3.42. The normalized spacial score (nSPS) is 33.9. The Morgan fingerprint density at radius 2 is 2.31 bits per heavy atom. The van der Waals surface area contributed by atoms with Crippen LogP contribution in [0.2, 0.25) is 0 Å². The van der Waals surface area contributed by atoms with Gasteiger partial charge in [0.1, 0.15) is 6.10 Å². The lowest BCUT2D eigenvalue weighted by molar-refractivity contribution is 0.119. The maximum Gasteiger partial charge on any atom is 0.110 e. The van der Waals surface area contributed by atoms with Gasteiger partial charge in [-0.1, -0.05) is 13.3 Å². The minimum Gasteiger partial charge on any atom is -0.497 e. The Kier molecular flexibility index (Phi) is 5.04. The molecule has 1 aliphatic heterocycles. The van der Waals surface area contributed by atoms with E-state index in [9.17, 15) is 0 Å². The van der Waals surface area contributed by atoms with Crippen LogP contribution >= 0.6 is 11.8 Å². The van der Waals surface area contributed by atoms with Crippen LogP contribution in [0, 0.1) is 0 Å². The molecule has 0 radical (unpaired) electrons. The lowest BCUT2D eigenvalue weighted by Gasteiger charge is -2.25. The zero-order valence-corrected chi connectivity index (χ0v) is 11.0. The van der Waals surface area contributed by atoms with Crippen molar-refractivity contribution in [3.05, 3.63) is 12.3 Å². The van der Waals surface area contributed by atoms with Gasteiger partial charge in [-0.15, -0.1) is 0 Å². The van der Waals surface area contributed by atoms with E-state index in [0.29, 0.717) is 6.10 Å². The molecule has 3 unspecified atom stereocenters. The summed E-state index contributed by atoms with van der Waals surface area (Å²) in [6.45, 7) is 3.28. The summed E-state index contributed by atoms with van der Waals surface area (Å²) in [4.78, 5) is 0. The van der Waals surface area contributed by atoms with Gasteiger partial charge in [-0.25, -0.2) is 0 Å². The van der Waals surface area contributed by atoms with Crippen molar-refractivity contribution in [2.75, 3.05) is 12.3 Å². The molecule has 1 aliphatic carbocycles. The van der Waals surface area contributed by atoms with Crippen molar-refractivity contribution in [2.24, 2.45) is 0 Å². The molecule has 2 aliphatic rings. The monoisotopic (exact) mass is 241 g/mol. The molecule has 1 saturated carbocycles. The maximum atomic E-state index is 5.58. The molecule has 0 bridgehead atoms. The molecule has 1 heterocycles. The topological polar surface area (TPSA) is 21.3 Å². The van der Waals surface area contributed by atoms with Gasteiger partial charge >= 0.3 is 0 Å². The van der Waals surface area contributed by atoms with E-state index in [1.54, 1.807) is 0 Å². The predicted molar refractivity (Wildman–Crippen MR) is 70.8 cm³/mol. The Hall–Kier alpha value is -0.150. The summed E-state index contributed by atoms with van der Waals surface area (Å²) >= 11 is 2.12. The molecule has 1 N–H and O–H groups in total. The molecule has 2 rings (SSSR count).